The van der Waals surface area contributed by atoms with Gasteiger partial charge in [-0.2, -0.15) is 5.10 Å². The lowest BCUT2D eigenvalue weighted by molar-refractivity contribution is 0.102. The minimum atomic E-state index is -0.416. The number of pyridine rings is 1. The van der Waals surface area contributed by atoms with E-state index in [0.717, 1.165) is 6.42 Å². The Morgan fingerprint density at radius 1 is 1.29 bits per heavy atom. The SMILES string of the molecule is Nc1c(C(=O)Nc2ccc(Cl)cn2)cnn1-c1ccccc1O[C@@H]1CCOC1. The molecule has 3 N–H and O–H groups in total. The largest absolute Gasteiger partial charge is 0.486 e. The van der Waals surface area contributed by atoms with Crippen LogP contribution in [0.4, 0.5) is 11.6 Å². The first-order valence-corrected chi connectivity index (χ1v) is 9.10. The lowest BCUT2D eigenvalue weighted by Crippen LogP contribution is -2.18. The van der Waals surface area contributed by atoms with Crippen molar-refractivity contribution in [2.24, 2.45) is 0 Å². The third kappa shape index (κ3) is 3.78. The van der Waals surface area contributed by atoms with E-state index in [1.165, 1.54) is 17.1 Å². The first-order chi connectivity index (χ1) is 13.6. The summed E-state index contributed by atoms with van der Waals surface area (Å²) in [6.45, 7) is 1.23. The summed E-state index contributed by atoms with van der Waals surface area (Å²) in [5.41, 5.74) is 7.09. The molecule has 1 amide bonds. The van der Waals surface area contributed by atoms with Gasteiger partial charge in [0.2, 0.25) is 0 Å². The van der Waals surface area contributed by atoms with Gasteiger partial charge in [0.1, 0.15) is 34.7 Å². The maximum atomic E-state index is 12.6. The number of hydrogen-bond acceptors (Lipinski definition) is 6. The lowest BCUT2D eigenvalue weighted by Gasteiger charge is -2.16. The number of benzene rings is 1. The molecule has 0 bridgehead atoms. The predicted molar refractivity (Wildman–Crippen MR) is 105 cm³/mol. The minimum Gasteiger partial charge on any atom is -0.486 e. The highest BCUT2D eigenvalue weighted by atomic mass is 35.5. The van der Waals surface area contributed by atoms with Crippen molar-refractivity contribution < 1.29 is 14.3 Å². The number of nitrogens with one attached hydrogen (secondary N) is 1. The Morgan fingerprint density at radius 2 is 2.14 bits per heavy atom. The Hall–Kier alpha value is -3.10. The normalized spacial score (nSPS) is 16.1. The van der Waals surface area contributed by atoms with Gasteiger partial charge in [-0.25, -0.2) is 9.67 Å². The van der Waals surface area contributed by atoms with Crippen LogP contribution in [0, 0.1) is 0 Å². The van der Waals surface area contributed by atoms with Gasteiger partial charge in [0.25, 0.3) is 5.91 Å². The number of nitrogens with zero attached hydrogens (tertiary/aromatic N) is 3. The van der Waals surface area contributed by atoms with Crippen LogP contribution in [0.1, 0.15) is 16.8 Å². The van der Waals surface area contributed by atoms with E-state index in [0.29, 0.717) is 35.5 Å². The fourth-order valence-corrected chi connectivity index (χ4v) is 2.99. The van der Waals surface area contributed by atoms with E-state index in [-0.39, 0.29) is 17.5 Å². The first kappa shape index (κ1) is 18.3. The number of aromatic nitrogens is 3. The number of amides is 1. The van der Waals surface area contributed by atoms with Crippen LogP contribution in [0.25, 0.3) is 5.69 Å². The average Bonchev–Trinajstić information content (AvgIpc) is 3.34. The van der Waals surface area contributed by atoms with Crippen LogP contribution in [0.5, 0.6) is 5.75 Å². The van der Waals surface area contributed by atoms with Crippen molar-refractivity contribution in [2.75, 3.05) is 24.3 Å². The molecule has 0 radical (unpaired) electrons. The monoisotopic (exact) mass is 399 g/mol. The third-order valence-electron chi connectivity index (χ3n) is 4.30. The zero-order valence-corrected chi connectivity index (χ0v) is 15.6. The van der Waals surface area contributed by atoms with Crippen molar-refractivity contribution in [3.63, 3.8) is 0 Å². The second-order valence-corrected chi connectivity index (χ2v) is 6.68. The highest BCUT2D eigenvalue weighted by molar-refractivity contribution is 6.30. The molecule has 0 saturated carbocycles. The Morgan fingerprint density at radius 3 is 2.89 bits per heavy atom. The van der Waals surface area contributed by atoms with Gasteiger partial charge < -0.3 is 20.5 Å². The molecule has 1 atom stereocenters. The highest BCUT2D eigenvalue weighted by Gasteiger charge is 2.22. The van der Waals surface area contributed by atoms with E-state index in [9.17, 15) is 4.79 Å². The van der Waals surface area contributed by atoms with E-state index in [1.54, 1.807) is 12.1 Å². The molecule has 4 rings (SSSR count). The molecule has 3 heterocycles. The van der Waals surface area contributed by atoms with Crippen LogP contribution >= 0.6 is 11.6 Å². The molecule has 9 heteroatoms. The second kappa shape index (κ2) is 7.87. The smallest absolute Gasteiger partial charge is 0.262 e. The van der Waals surface area contributed by atoms with Crippen LogP contribution in [-0.2, 0) is 4.74 Å². The molecular formula is C19H18ClN5O3. The maximum Gasteiger partial charge on any atom is 0.262 e. The Balaban J connectivity index is 1.58. The number of nitrogens with two attached hydrogens (primary N) is 1. The van der Waals surface area contributed by atoms with Gasteiger partial charge in [0.15, 0.2) is 0 Å². The second-order valence-electron chi connectivity index (χ2n) is 6.24. The van der Waals surface area contributed by atoms with E-state index in [4.69, 9.17) is 26.8 Å². The summed E-state index contributed by atoms with van der Waals surface area (Å²) < 4.78 is 12.9. The number of para-hydroxylation sites is 2. The summed E-state index contributed by atoms with van der Waals surface area (Å²) in [7, 11) is 0. The molecular weight excluding hydrogens is 382 g/mol. The van der Waals surface area contributed by atoms with Gasteiger partial charge in [-0.05, 0) is 24.3 Å². The van der Waals surface area contributed by atoms with E-state index in [1.807, 2.05) is 24.3 Å². The van der Waals surface area contributed by atoms with E-state index >= 15 is 0 Å². The third-order valence-corrected chi connectivity index (χ3v) is 4.52. The van der Waals surface area contributed by atoms with Gasteiger partial charge >= 0.3 is 0 Å². The van der Waals surface area contributed by atoms with Crippen molar-refractivity contribution in [3.8, 4) is 11.4 Å². The van der Waals surface area contributed by atoms with Crippen LogP contribution < -0.4 is 15.8 Å². The summed E-state index contributed by atoms with van der Waals surface area (Å²) in [6, 6.07) is 10.6. The van der Waals surface area contributed by atoms with E-state index < -0.39 is 5.91 Å². The number of carbonyl (C=O) groups is 1. The molecule has 144 valence electrons. The highest BCUT2D eigenvalue weighted by Crippen LogP contribution is 2.28. The zero-order valence-electron chi connectivity index (χ0n) is 14.8. The molecule has 28 heavy (non-hydrogen) atoms. The molecule has 3 aromatic rings. The standard InChI is InChI=1S/C19H18ClN5O3/c20-12-5-6-17(22-9-12)24-19(26)14-10-23-25(18(14)21)15-3-1-2-4-16(15)28-13-7-8-27-11-13/h1-6,9-10,13H,7-8,11,21H2,(H,22,24,26)/t13-/m1/s1. The summed E-state index contributed by atoms with van der Waals surface area (Å²) in [4.78, 5) is 16.6. The molecule has 8 nitrogen and oxygen atoms in total. The quantitative estimate of drug-likeness (QED) is 0.683. The Bertz CT molecular complexity index is 983. The maximum absolute atomic E-state index is 12.6. The molecule has 1 aromatic carbocycles. The van der Waals surface area contributed by atoms with Crippen LogP contribution in [0.15, 0.2) is 48.8 Å². The fraction of sp³-hybridized carbons (Fsp3) is 0.211. The van der Waals surface area contributed by atoms with Gasteiger partial charge in [-0.3, -0.25) is 4.79 Å². The van der Waals surface area contributed by atoms with Crippen LogP contribution in [0.2, 0.25) is 5.02 Å². The molecule has 1 aliphatic rings. The van der Waals surface area contributed by atoms with Crippen molar-refractivity contribution >= 4 is 29.1 Å². The summed E-state index contributed by atoms with van der Waals surface area (Å²) in [6.07, 6.45) is 3.67. The molecule has 1 aliphatic heterocycles. The minimum absolute atomic E-state index is 0.0170. The molecule has 0 unspecified atom stereocenters. The van der Waals surface area contributed by atoms with Gasteiger partial charge in [-0.1, -0.05) is 23.7 Å². The zero-order chi connectivity index (χ0) is 19.5. The number of hydrogen-bond donors (Lipinski definition) is 2. The Kier molecular flexibility index (Phi) is 5.14. The van der Waals surface area contributed by atoms with Crippen molar-refractivity contribution in [1.29, 1.82) is 0 Å². The molecule has 2 aromatic heterocycles. The fourth-order valence-electron chi connectivity index (χ4n) is 2.88. The summed E-state index contributed by atoms with van der Waals surface area (Å²) in [5, 5.41) is 7.43. The summed E-state index contributed by atoms with van der Waals surface area (Å²) in [5.74, 6) is 0.775. The van der Waals surface area contributed by atoms with Gasteiger partial charge in [0.05, 0.1) is 24.4 Å². The number of halogens is 1. The molecule has 1 fully saturated rings. The average molecular weight is 400 g/mol. The lowest BCUT2D eigenvalue weighted by atomic mass is 10.2. The predicted octanol–water partition coefficient (Wildman–Crippen LogP) is 2.92. The Labute approximate surface area is 166 Å². The van der Waals surface area contributed by atoms with Gasteiger partial charge in [-0.15, -0.1) is 0 Å². The number of rotatable bonds is 5. The van der Waals surface area contributed by atoms with Crippen molar-refractivity contribution in [2.45, 2.75) is 12.5 Å². The van der Waals surface area contributed by atoms with Gasteiger partial charge in [0, 0.05) is 12.6 Å². The van der Waals surface area contributed by atoms with Crippen LogP contribution in [0.3, 0.4) is 0 Å². The number of carbonyl (C=O) groups excluding carboxylic acids is 1. The van der Waals surface area contributed by atoms with Crippen LogP contribution in [-0.4, -0.2) is 40.0 Å². The topological polar surface area (TPSA) is 104 Å². The molecule has 1 saturated heterocycles. The van der Waals surface area contributed by atoms with E-state index in [2.05, 4.69) is 15.4 Å². The molecule has 0 spiro atoms. The van der Waals surface area contributed by atoms with Crippen molar-refractivity contribution in [1.82, 2.24) is 14.8 Å². The summed E-state index contributed by atoms with van der Waals surface area (Å²) >= 11 is 5.81. The number of anilines is 2. The van der Waals surface area contributed by atoms with Crippen molar-refractivity contribution in [3.05, 3.63) is 59.4 Å². The number of nitrogen functional groups attached to an aromatic ring is 1. The molecule has 0 aliphatic carbocycles. The first-order valence-electron chi connectivity index (χ1n) is 8.72. The number of ether oxygens (including phenoxy) is 2.